The molecule has 2 bridgehead atoms. The summed E-state index contributed by atoms with van der Waals surface area (Å²) in [5.41, 5.74) is -0.354. The summed E-state index contributed by atoms with van der Waals surface area (Å²) in [6.07, 6.45) is 0. The maximum absolute atomic E-state index is 14.4. The van der Waals surface area contributed by atoms with Crippen molar-refractivity contribution in [2.75, 3.05) is 32.9 Å². The second kappa shape index (κ2) is 5.06. The van der Waals surface area contributed by atoms with E-state index >= 15 is 0 Å². The SMILES string of the molecule is OCC12COCC(CN(Cc3ccccc3)C1)C2(F)F. The first kappa shape index (κ1) is 13.9. The zero-order valence-corrected chi connectivity index (χ0v) is 11.3. The lowest BCUT2D eigenvalue weighted by Crippen LogP contribution is -2.67. The van der Waals surface area contributed by atoms with Gasteiger partial charge in [-0.3, -0.25) is 4.90 Å². The fourth-order valence-electron chi connectivity index (χ4n) is 3.32. The maximum atomic E-state index is 14.4. The molecule has 2 unspecified atom stereocenters. The van der Waals surface area contributed by atoms with Gasteiger partial charge in [-0.25, -0.2) is 8.78 Å². The van der Waals surface area contributed by atoms with Crippen molar-refractivity contribution in [1.82, 2.24) is 4.90 Å². The van der Waals surface area contributed by atoms with Crippen LogP contribution in [0.3, 0.4) is 0 Å². The van der Waals surface area contributed by atoms with Gasteiger partial charge < -0.3 is 9.84 Å². The van der Waals surface area contributed by atoms with Crippen LogP contribution in [-0.4, -0.2) is 48.8 Å². The Balaban J connectivity index is 1.80. The molecule has 2 aliphatic rings. The Morgan fingerprint density at radius 2 is 2.05 bits per heavy atom. The number of hydrogen-bond donors (Lipinski definition) is 1. The molecule has 0 saturated carbocycles. The largest absolute Gasteiger partial charge is 0.395 e. The molecule has 2 atom stereocenters. The van der Waals surface area contributed by atoms with Crippen LogP contribution in [0, 0.1) is 11.3 Å². The summed E-state index contributed by atoms with van der Waals surface area (Å²) >= 11 is 0. The van der Waals surface area contributed by atoms with E-state index < -0.39 is 23.9 Å². The summed E-state index contributed by atoms with van der Waals surface area (Å²) in [4.78, 5) is 2.01. The van der Waals surface area contributed by atoms with Crippen LogP contribution in [0.2, 0.25) is 0 Å². The lowest BCUT2D eigenvalue weighted by atomic mass is 9.71. The van der Waals surface area contributed by atoms with E-state index in [-0.39, 0.29) is 19.8 Å². The van der Waals surface area contributed by atoms with E-state index in [1.54, 1.807) is 0 Å². The molecule has 2 heterocycles. The first-order valence-electron chi connectivity index (χ1n) is 6.90. The van der Waals surface area contributed by atoms with Crippen LogP contribution in [0.25, 0.3) is 0 Å². The van der Waals surface area contributed by atoms with E-state index in [1.165, 1.54) is 0 Å². The molecule has 1 N–H and O–H groups in total. The summed E-state index contributed by atoms with van der Waals surface area (Å²) in [6.45, 7) is 0.570. The minimum absolute atomic E-state index is 0.0695. The molecular weight excluding hydrogens is 264 g/mol. The highest BCUT2D eigenvalue weighted by molar-refractivity contribution is 5.15. The van der Waals surface area contributed by atoms with Gasteiger partial charge in [0.15, 0.2) is 0 Å². The van der Waals surface area contributed by atoms with Gasteiger partial charge in [-0.1, -0.05) is 30.3 Å². The quantitative estimate of drug-likeness (QED) is 0.917. The molecule has 3 nitrogen and oxygen atoms in total. The van der Waals surface area contributed by atoms with E-state index in [0.717, 1.165) is 5.56 Å². The van der Waals surface area contributed by atoms with Crippen molar-refractivity contribution in [3.63, 3.8) is 0 Å². The minimum atomic E-state index is -2.85. The highest BCUT2D eigenvalue weighted by atomic mass is 19.3. The highest BCUT2D eigenvalue weighted by Crippen LogP contribution is 2.49. The average Bonchev–Trinajstić information content (AvgIpc) is 2.41. The minimum Gasteiger partial charge on any atom is -0.395 e. The Labute approximate surface area is 117 Å². The lowest BCUT2D eigenvalue weighted by molar-refractivity contribution is -0.278. The monoisotopic (exact) mass is 283 g/mol. The second-order valence-electron chi connectivity index (χ2n) is 5.93. The third kappa shape index (κ3) is 2.14. The molecule has 3 rings (SSSR count). The van der Waals surface area contributed by atoms with Crippen LogP contribution < -0.4 is 0 Å². The number of fused-ring (bicyclic) bond motifs is 2. The van der Waals surface area contributed by atoms with E-state index in [9.17, 15) is 13.9 Å². The van der Waals surface area contributed by atoms with Crippen molar-refractivity contribution >= 4 is 0 Å². The Hall–Kier alpha value is -1.04. The number of aliphatic hydroxyl groups excluding tert-OH is 1. The van der Waals surface area contributed by atoms with Crippen LogP contribution >= 0.6 is 0 Å². The Morgan fingerprint density at radius 1 is 1.30 bits per heavy atom. The fraction of sp³-hybridized carbons (Fsp3) is 0.600. The summed E-state index contributed by atoms with van der Waals surface area (Å²) in [5.74, 6) is -3.69. The third-order valence-corrected chi connectivity index (χ3v) is 4.47. The van der Waals surface area contributed by atoms with Gasteiger partial charge in [0.2, 0.25) is 0 Å². The fourth-order valence-corrected chi connectivity index (χ4v) is 3.32. The van der Waals surface area contributed by atoms with Crippen molar-refractivity contribution < 1.29 is 18.6 Å². The molecule has 2 fully saturated rings. The van der Waals surface area contributed by atoms with Gasteiger partial charge >= 0.3 is 0 Å². The van der Waals surface area contributed by atoms with Gasteiger partial charge in [-0.2, -0.15) is 0 Å². The Bertz CT molecular complexity index is 468. The lowest BCUT2D eigenvalue weighted by Gasteiger charge is -2.53. The summed E-state index contributed by atoms with van der Waals surface area (Å²) in [7, 11) is 0. The number of hydrogen-bond acceptors (Lipinski definition) is 3. The Kier molecular flexibility index (Phi) is 3.52. The summed E-state index contributed by atoms with van der Waals surface area (Å²) < 4.78 is 34.1. The predicted octanol–water partition coefficient (Wildman–Crippen LogP) is 1.76. The number of piperidine rings is 1. The topological polar surface area (TPSA) is 32.7 Å². The van der Waals surface area contributed by atoms with Crippen molar-refractivity contribution in [1.29, 1.82) is 0 Å². The molecule has 20 heavy (non-hydrogen) atoms. The average molecular weight is 283 g/mol. The zero-order valence-electron chi connectivity index (χ0n) is 11.3. The number of likely N-dealkylation sites (tertiary alicyclic amines) is 1. The number of aliphatic hydroxyl groups is 1. The van der Waals surface area contributed by atoms with Gasteiger partial charge in [-0.15, -0.1) is 0 Å². The smallest absolute Gasteiger partial charge is 0.265 e. The normalized spacial score (nSPS) is 33.0. The van der Waals surface area contributed by atoms with E-state index in [1.807, 2.05) is 35.2 Å². The van der Waals surface area contributed by atoms with Gasteiger partial charge in [0.05, 0.1) is 31.2 Å². The predicted molar refractivity (Wildman–Crippen MR) is 70.5 cm³/mol. The summed E-state index contributed by atoms with van der Waals surface area (Å²) in [6, 6.07) is 9.81. The number of ether oxygens (including phenoxy) is 1. The van der Waals surface area contributed by atoms with Gasteiger partial charge in [0.25, 0.3) is 5.92 Å². The van der Waals surface area contributed by atoms with E-state index in [2.05, 4.69) is 0 Å². The van der Waals surface area contributed by atoms with Crippen LogP contribution in [-0.2, 0) is 11.3 Å². The summed E-state index contributed by atoms with van der Waals surface area (Å²) in [5, 5.41) is 9.53. The molecule has 1 aromatic carbocycles. The van der Waals surface area contributed by atoms with Gasteiger partial charge in [0, 0.05) is 19.6 Å². The van der Waals surface area contributed by atoms with Crippen LogP contribution in [0.4, 0.5) is 8.78 Å². The van der Waals surface area contributed by atoms with Gasteiger partial charge in [-0.05, 0) is 5.56 Å². The maximum Gasteiger partial charge on any atom is 0.265 e. The standard InChI is InChI=1S/C15H19F2NO2/c16-15(17)13-7-18(6-12-4-2-1-3-5-12)9-14(15,10-19)11-20-8-13/h1-5,13,19H,6-11H2. The van der Waals surface area contributed by atoms with Crippen molar-refractivity contribution in [3.8, 4) is 0 Å². The molecule has 0 aromatic heterocycles. The van der Waals surface area contributed by atoms with E-state index in [0.29, 0.717) is 13.1 Å². The molecule has 0 aliphatic carbocycles. The molecule has 2 saturated heterocycles. The first-order chi connectivity index (χ1) is 9.57. The van der Waals surface area contributed by atoms with Crippen molar-refractivity contribution in [2.45, 2.75) is 12.5 Å². The molecule has 5 heteroatoms. The van der Waals surface area contributed by atoms with Crippen LogP contribution in [0.1, 0.15) is 5.56 Å². The molecule has 0 radical (unpaired) electrons. The van der Waals surface area contributed by atoms with Crippen molar-refractivity contribution in [2.24, 2.45) is 11.3 Å². The number of halogens is 2. The molecule has 2 aliphatic heterocycles. The molecule has 0 spiro atoms. The molecular formula is C15H19F2NO2. The molecule has 0 amide bonds. The van der Waals surface area contributed by atoms with E-state index in [4.69, 9.17) is 4.74 Å². The first-order valence-corrected chi connectivity index (χ1v) is 6.90. The van der Waals surface area contributed by atoms with Crippen molar-refractivity contribution in [3.05, 3.63) is 35.9 Å². The highest BCUT2D eigenvalue weighted by Gasteiger charge is 2.63. The number of alkyl halides is 2. The third-order valence-electron chi connectivity index (χ3n) is 4.47. The number of nitrogens with zero attached hydrogens (tertiary/aromatic N) is 1. The number of rotatable bonds is 3. The molecule has 110 valence electrons. The number of benzene rings is 1. The zero-order chi connectivity index (χ0) is 14.2. The van der Waals surface area contributed by atoms with Gasteiger partial charge in [0.1, 0.15) is 0 Å². The second-order valence-corrected chi connectivity index (χ2v) is 5.93. The Morgan fingerprint density at radius 3 is 2.75 bits per heavy atom. The molecule has 1 aromatic rings. The van der Waals surface area contributed by atoms with Crippen LogP contribution in [0.15, 0.2) is 30.3 Å². The van der Waals surface area contributed by atoms with Crippen LogP contribution in [0.5, 0.6) is 0 Å².